The van der Waals surface area contributed by atoms with Gasteiger partial charge in [0.1, 0.15) is 0 Å². The van der Waals surface area contributed by atoms with E-state index in [2.05, 4.69) is 10.4 Å². The van der Waals surface area contributed by atoms with E-state index < -0.39 is 15.7 Å². The minimum atomic E-state index is -3.28. The van der Waals surface area contributed by atoms with Gasteiger partial charge >= 0.3 is 0 Å². The van der Waals surface area contributed by atoms with Crippen molar-refractivity contribution >= 4 is 26.5 Å². The average molecular weight is 413 g/mol. The molecule has 0 aliphatic rings. The van der Waals surface area contributed by atoms with E-state index in [0.717, 1.165) is 11.8 Å². The molecule has 2 aromatic carbocycles. The Morgan fingerprint density at radius 2 is 1.59 bits per heavy atom. The second-order valence-corrected chi connectivity index (χ2v) is 9.29. The number of benzene rings is 2. The van der Waals surface area contributed by atoms with E-state index in [-0.39, 0.29) is 28.2 Å². The predicted molar refractivity (Wildman–Crippen MR) is 112 cm³/mol. The highest BCUT2D eigenvalue weighted by Crippen LogP contribution is 2.19. The Kier molecular flexibility index (Phi) is 5.57. The fraction of sp³-hybridized carbons (Fsp3) is 0.286. The number of amides is 1. The first kappa shape index (κ1) is 20.7. The van der Waals surface area contributed by atoms with Crippen LogP contribution in [0.3, 0.4) is 0 Å². The number of fused-ring (bicyclic) bond motifs is 1. The van der Waals surface area contributed by atoms with Crippen LogP contribution in [0.15, 0.2) is 58.2 Å². The second-order valence-electron chi connectivity index (χ2n) is 7.27. The quantitative estimate of drug-likeness (QED) is 0.694. The van der Waals surface area contributed by atoms with Crippen LogP contribution >= 0.6 is 0 Å². The molecule has 1 aromatic heterocycles. The molecular weight excluding hydrogens is 390 g/mol. The summed E-state index contributed by atoms with van der Waals surface area (Å²) in [6, 6.07) is 12.7. The van der Waals surface area contributed by atoms with Gasteiger partial charge in [0.05, 0.1) is 22.4 Å². The normalized spacial score (nSPS) is 12.9. The van der Waals surface area contributed by atoms with E-state index in [1.807, 2.05) is 13.8 Å². The van der Waals surface area contributed by atoms with Crippen molar-refractivity contribution < 1.29 is 13.2 Å². The molecule has 152 valence electrons. The number of carbonyl (C=O) groups is 1. The lowest BCUT2D eigenvalue weighted by Crippen LogP contribution is -2.32. The zero-order valence-corrected chi connectivity index (χ0v) is 17.5. The van der Waals surface area contributed by atoms with Crippen molar-refractivity contribution in [3.8, 4) is 0 Å². The van der Waals surface area contributed by atoms with Crippen molar-refractivity contribution in [2.75, 3.05) is 6.26 Å². The molecule has 1 N–H and O–H groups in total. The van der Waals surface area contributed by atoms with Gasteiger partial charge < -0.3 is 5.32 Å². The lowest BCUT2D eigenvalue weighted by molar-refractivity contribution is 0.0934. The first-order chi connectivity index (χ1) is 13.6. The van der Waals surface area contributed by atoms with Crippen LogP contribution < -0.4 is 10.9 Å². The molecule has 0 aliphatic carbocycles. The molecule has 0 unspecified atom stereocenters. The lowest BCUT2D eigenvalue weighted by atomic mass is 10.1. The summed E-state index contributed by atoms with van der Waals surface area (Å²) >= 11 is 0. The number of hydrogen-bond donors (Lipinski definition) is 1. The van der Waals surface area contributed by atoms with Crippen molar-refractivity contribution in [1.29, 1.82) is 0 Å². The zero-order chi connectivity index (χ0) is 21.3. The highest BCUT2D eigenvalue weighted by molar-refractivity contribution is 7.90. The Balaban J connectivity index is 1.96. The fourth-order valence-electron chi connectivity index (χ4n) is 3.08. The minimum absolute atomic E-state index is 0.175. The molecule has 0 saturated carbocycles. The summed E-state index contributed by atoms with van der Waals surface area (Å²) in [5.74, 6) is -0.407. The first-order valence-electron chi connectivity index (χ1n) is 9.22. The lowest BCUT2D eigenvalue weighted by Gasteiger charge is -2.17. The minimum Gasteiger partial charge on any atom is -0.344 e. The topological polar surface area (TPSA) is 98.1 Å². The highest BCUT2D eigenvalue weighted by atomic mass is 32.2. The molecule has 1 amide bonds. The zero-order valence-electron chi connectivity index (χ0n) is 16.7. The van der Waals surface area contributed by atoms with Crippen LogP contribution in [0.5, 0.6) is 0 Å². The van der Waals surface area contributed by atoms with Crippen LogP contribution in [-0.4, -0.2) is 30.4 Å². The summed E-state index contributed by atoms with van der Waals surface area (Å²) in [5, 5.41) is 8.12. The van der Waals surface area contributed by atoms with Gasteiger partial charge in [0.2, 0.25) is 0 Å². The van der Waals surface area contributed by atoms with Crippen LogP contribution in [0, 0.1) is 0 Å². The highest BCUT2D eigenvalue weighted by Gasteiger charge is 2.20. The number of nitrogens with one attached hydrogen (secondary N) is 1. The third-order valence-electron chi connectivity index (χ3n) is 4.69. The molecule has 0 saturated heterocycles. The van der Waals surface area contributed by atoms with Gasteiger partial charge in [-0.1, -0.05) is 30.3 Å². The molecule has 8 heteroatoms. The maximum absolute atomic E-state index is 13.0. The second kappa shape index (κ2) is 7.79. The van der Waals surface area contributed by atoms with Gasteiger partial charge in [-0.05, 0) is 44.5 Å². The molecule has 7 nitrogen and oxygen atoms in total. The Bertz CT molecular complexity index is 1230. The van der Waals surface area contributed by atoms with E-state index in [4.69, 9.17) is 0 Å². The summed E-state index contributed by atoms with van der Waals surface area (Å²) < 4.78 is 24.5. The molecule has 29 heavy (non-hydrogen) atoms. The fourth-order valence-corrected chi connectivity index (χ4v) is 3.71. The Morgan fingerprint density at radius 1 is 1.00 bits per heavy atom. The van der Waals surface area contributed by atoms with E-state index in [1.165, 1.54) is 16.8 Å². The van der Waals surface area contributed by atoms with E-state index >= 15 is 0 Å². The van der Waals surface area contributed by atoms with Gasteiger partial charge in [-0.25, -0.2) is 13.1 Å². The van der Waals surface area contributed by atoms with Crippen LogP contribution in [0.1, 0.15) is 48.9 Å². The molecule has 1 atom stereocenters. The molecule has 3 rings (SSSR count). The van der Waals surface area contributed by atoms with Gasteiger partial charge in [0.25, 0.3) is 11.5 Å². The van der Waals surface area contributed by atoms with E-state index in [1.54, 1.807) is 43.3 Å². The van der Waals surface area contributed by atoms with Crippen LogP contribution in [0.25, 0.3) is 10.8 Å². The Labute approximate surface area is 169 Å². The maximum Gasteiger partial charge on any atom is 0.274 e. The van der Waals surface area contributed by atoms with Crippen molar-refractivity contribution in [2.24, 2.45) is 0 Å². The Morgan fingerprint density at radius 3 is 2.14 bits per heavy atom. The summed E-state index contributed by atoms with van der Waals surface area (Å²) in [7, 11) is -3.28. The summed E-state index contributed by atoms with van der Waals surface area (Å²) in [6.07, 6.45) is 1.15. The first-order valence-corrected chi connectivity index (χ1v) is 11.1. The molecule has 0 bridgehead atoms. The van der Waals surface area contributed by atoms with Crippen molar-refractivity contribution in [3.63, 3.8) is 0 Å². The molecule has 1 heterocycles. The third kappa shape index (κ3) is 4.22. The smallest absolute Gasteiger partial charge is 0.274 e. The van der Waals surface area contributed by atoms with Crippen molar-refractivity contribution in [1.82, 2.24) is 15.1 Å². The molecule has 0 fully saturated rings. The molecule has 0 aliphatic heterocycles. The number of carbonyl (C=O) groups excluding carboxylic acids is 1. The molecule has 0 radical (unpaired) electrons. The monoisotopic (exact) mass is 413 g/mol. The van der Waals surface area contributed by atoms with Gasteiger partial charge in [-0.2, -0.15) is 5.10 Å². The van der Waals surface area contributed by atoms with E-state index in [9.17, 15) is 18.0 Å². The van der Waals surface area contributed by atoms with Gasteiger partial charge in [0.15, 0.2) is 15.5 Å². The average Bonchev–Trinajstić information content (AvgIpc) is 2.67. The molecule has 3 aromatic rings. The van der Waals surface area contributed by atoms with Gasteiger partial charge in [-0.15, -0.1) is 0 Å². The predicted octanol–water partition coefficient (Wildman–Crippen LogP) is 2.87. The number of nitrogens with zero attached hydrogens (tertiary/aromatic N) is 2. The number of rotatable bonds is 5. The third-order valence-corrected chi connectivity index (χ3v) is 5.82. The van der Waals surface area contributed by atoms with Gasteiger partial charge in [-0.3, -0.25) is 9.59 Å². The van der Waals surface area contributed by atoms with E-state index in [0.29, 0.717) is 10.8 Å². The Hall–Kier alpha value is -3.00. The largest absolute Gasteiger partial charge is 0.344 e. The summed E-state index contributed by atoms with van der Waals surface area (Å²) in [5.41, 5.74) is 0.692. The van der Waals surface area contributed by atoms with Gasteiger partial charge in [0, 0.05) is 11.6 Å². The standard InChI is InChI=1S/C21H23N3O4S/c1-13(2)24-21(26)18-8-6-5-7-17(18)19(23-24)20(25)22-14(3)15-9-11-16(12-10-15)29(4,27)28/h5-14H,1-4H3,(H,22,25)/t14-/m0/s1. The molecule has 0 spiro atoms. The van der Waals surface area contributed by atoms with Crippen molar-refractivity contribution in [3.05, 3.63) is 70.1 Å². The number of aromatic nitrogens is 2. The molecular formula is C21H23N3O4S. The van der Waals surface area contributed by atoms with Crippen LogP contribution in [0.2, 0.25) is 0 Å². The van der Waals surface area contributed by atoms with Crippen LogP contribution in [-0.2, 0) is 9.84 Å². The summed E-state index contributed by atoms with van der Waals surface area (Å²) in [4.78, 5) is 25.8. The van der Waals surface area contributed by atoms with Crippen LogP contribution in [0.4, 0.5) is 0 Å². The maximum atomic E-state index is 13.0. The summed E-state index contributed by atoms with van der Waals surface area (Å²) in [6.45, 7) is 5.46. The SMILES string of the molecule is CC(C)n1nc(C(=O)N[C@@H](C)c2ccc(S(C)(=O)=O)cc2)c2ccccc2c1=O. The number of hydrogen-bond acceptors (Lipinski definition) is 5. The van der Waals surface area contributed by atoms with Crippen molar-refractivity contribution in [2.45, 2.75) is 37.8 Å². The number of sulfone groups is 1.